The molecule has 16 heteroatoms. The normalized spacial score (nSPS) is 24.8. The fraction of sp³-hybridized carbons (Fsp3) is 0.520. The van der Waals surface area contributed by atoms with E-state index in [0.29, 0.717) is 11.3 Å². The van der Waals surface area contributed by atoms with Gasteiger partial charge in [-0.3, -0.25) is 13.9 Å². The third-order valence-electron chi connectivity index (χ3n) is 6.29. The molecule has 1 aliphatic rings. The first-order valence-corrected chi connectivity index (χ1v) is 14.5. The number of imidazole rings is 1. The second kappa shape index (κ2) is 11.9. The van der Waals surface area contributed by atoms with Gasteiger partial charge < -0.3 is 34.8 Å². The van der Waals surface area contributed by atoms with E-state index in [0.717, 1.165) is 0 Å². The summed E-state index contributed by atoms with van der Waals surface area (Å²) < 4.78 is 37.8. The molecule has 3 heterocycles. The van der Waals surface area contributed by atoms with Gasteiger partial charge in [0.25, 0.3) is 0 Å². The lowest BCUT2D eigenvalue weighted by molar-refractivity contribution is -0.149. The van der Waals surface area contributed by atoms with Crippen LogP contribution in [0.15, 0.2) is 36.7 Å². The molecule has 2 aromatic heterocycles. The molecule has 1 saturated heterocycles. The van der Waals surface area contributed by atoms with Crippen molar-refractivity contribution in [2.75, 3.05) is 31.3 Å². The summed E-state index contributed by atoms with van der Waals surface area (Å²) in [6.07, 6.45) is -2.84. The van der Waals surface area contributed by atoms with Gasteiger partial charge in [0.05, 0.1) is 19.0 Å². The molecular formula is C25H36N7O8P. The van der Waals surface area contributed by atoms with Crippen LogP contribution in [0.5, 0.6) is 5.75 Å². The van der Waals surface area contributed by atoms with Crippen molar-refractivity contribution >= 4 is 36.6 Å². The van der Waals surface area contributed by atoms with Crippen LogP contribution in [0.3, 0.4) is 0 Å². The molecule has 0 saturated carbocycles. The highest BCUT2D eigenvalue weighted by atomic mass is 31.2. The Bertz CT molecular complexity index is 1420. The van der Waals surface area contributed by atoms with Crippen LogP contribution < -0.4 is 20.2 Å². The molecule has 224 valence electrons. The van der Waals surface area contributed by atoms with E-state index in [1.807, 2.05) is 0 Å². The molecule has 15 nitrogen and oxygen atoms in total. The van der Waals surface area contributed by atoms with E-state index in [1.165, 1.54) is 24.7 Å². The molecule has 0 unspecified atom stereocenters. The van der Waals surface area contributed by atoms with Crippen LogP contribution in [0.25, 0.3) is 11.2 Å². The Kier molecular flexibility index (Phi) is 8.87. The number of anilines is 2. The highest BCUT2D eigenvalue weighted by Gasteiger charge is 2.54. The number of nitrogen functional groups attached to an aromatic ring is 1. The lowest BCUT2D eigenvalue weighted by atomic mass is 9.96. The monoisotopic (exact) mass is 593 g/mol. The molecule has 1 aliphatic heterocycles. The van der Waals surface area contributed by atoms with Crippen molar-refractivity contribution in [3.8, 4) is 5.75 Å². The third kappa shape index (κ3) is 6.61. The zero-order valence-electron chi connectivity index (χ0n) is 23.7. The maximum atomic E-state index is 13.8. The number of esters is 1. The lowest BCUT2D eigenvalue weighted by Crippen LogP contribution is -2.44. The summed E-state index contributed by atoms with van der Waals surface area (Å²) in [6, 6.07) is 7.17. The van der Waals surface area contributed by atoms with E-state index in [9.17, 15) is 19.6 Å². The van der Waals surface area contributed by atoms with E-state index in [4.69, 9.17) is 24.3 Å². The molecule has 3 aromatic rings. The Labute approximate surface area is 237 Å². The van der Waals surface area contributed by atoms with E-state index < -0.39 is 56.5 Å². The minimum absolute atomic E-state index is 0.0174. The van der Waals surface area contributed by atoms with Crippen LogP contribution in [-0.4, -0.2) is 86.4 Å². The largest absolute Gasteiger partial charge is 0.462 e. The highest BCUT2D eigenvalue weighted by Crippen LogP contribution is 2.47. The number of aliphatic hydroxyl groups is 2. The van der Waals surface area contributed by atoms with Crippen molar-refractivity contribution in [2.24, 2.45) is 0 Å². The number of carbonyl (C=O) groups excluding carboxylic acids is 1. The van der Waals surface area contributed by atoms with Crippen LogP contribution in [0, 0.1) is 0 Å². The molecular weight excluding hydrogens is 557 g/mol. The zero-order valence-corrected chi connectivity index (χ0v) is 24.6. The summed E-state index contributed by atoms with van der Waals surface area (Å²) in [6.45, 7) is 5.73. The smallest absolute Gasteiger partial charge is 0.459 e. The number of fused-ring (bicyclic) bond motifs is 1. The highest BCUT2D eigenvalue weighted by molar-refractivity contribution is 7.52. The van der Waals surface area contributed by atoms with Gasteiger partial charge in [-0.05, 0) is 39.8 Å². The summed E-state index contributed by atoms with van der Waals surface area (Å²) >= 11 is 0. The van der Waals surface area contributed by atoms with Crippen LogP contribution >= 0.6 is 7.75 Å². The lowest BCUT2D eigenvalue weighted by Gasteiger charge is -2.27. The standard InChI is InChI=1S/C25H36N7O8P/c1-14(2)38-22(34)15(3)30-41(36,40-16-10-8-7-9-11-16)37-12-17-19(33)25(4,35)23(39-17)32-13-27-18-20(31(5)6)28-24(26)29-21(18)32/h7-11,13-15,17,19,23,33,35H,12H2,1-6H3,(H,30,36)(H2,26,28,29)/t15-,17+,19+,23+,25+,41+/m0/s1. The Balaban J connectivity index is 1.57. The molecule has 1 fully saturated rings. The summed E-state index contributed by atoms with van der Waals surface area (Å²) in [5.74, 6) is -0.00827. The fourth-order valence-corrected chi connectivity index (χ4v) is 5.79. The van der Waals surface area contributed by atoms with Crippen LogP contribution in [0.1, 0.15) is 33.9 Å². The third-order valence-corrected chi connectivity index (χ3v) is 7.93. The van der Waals surface area contributed by atoms with Crippen molar-refractivity contribution in [1.82, 2.24) is 24.6 Å². The number of rotatable bonds is 11. The zero-order chi connectivity index (χ0) is 30.1. The molecule has 41 heavy (non-hydrogen) atoms. The second-order valence-electron chi connectivity index (χ2n) is 10.4. The summed E-state index contributed by atoms with van der Waals surface area (Å²) in [5.41, 5.74) is 4.74. The number of nitrogens with one attached hydrogen (secondary N) is 1. The van der Waals surface area contributed by atoms with Gasteiger partial charge in [-0.25, -0.2) is 9.55 Å². The van der Waals surface area contributed by atoms with Gasteiger partial charge in [-0.2, -0.15) is 15.1 Å². The molecule has 5 N–H and O–H groups in total. The topological polar surface area (TPSA) is 196 Å². The Morgan fingerprint density at radius 2 is 1.95 bits per heavy atom. The van der Waals surface area contributed by atoms with E-state index in [1.54, 1.807) is 63.2 Å². The fourth-order valence-electron chi connectivity index (χ4n) is 4.29. The van der Waals surface area contributed by atoms with E-state index in [2.05, 4.69) is 20.0 Å². The molecule has 0 radical (unpaired) electrons. The first-order valence-electron chi connectivity index (χ1n) is 12.9. The van der Waals surface area contributed by atoms with Crippen molar-refractivity contribution in [3.63, 3.8) is 0 Å². The number of nitrogens with two attached hydrogens (primary N) is 1. The van der Waals surface area contributed by atoms with Gasteiger partial charge in [-0.1, -0.05) is 18.2 Å². The van der Waals surface area contributed by atoms with Gasteiger partial charge in [-0.15, -0.1) is 0 Å². The van der Waals surface area contributed by atoms with E-state index >= 15 is 0 Å². The Hall–Kier alpha value is -3.33. The first kappa shape index (κ1) is 30.6. The Morgan fingerprint density at radius 1 is 1.27 bits per heavy atom. The van der Waals surface area contributed by atoms with E-state index in [-0.39, 0.29) is 17.3 Å². The predicted octanol–water partition coefficient (Wildman–Crippen LogP) is 1.62. The molecule has 0 aliphatic carbocycles. The first-order chi connectivity index (χ1) is 19.2. The quantitative estimate of drug-likeness (QED) is 0.185. The number of ether oxygens (including phenoxy) is 2. The van der Waals surface area contributed by atoms with Crippen molar-refractivity contribution < 1.29 is 38.1 Å². The molecule has 0 spiro atoms. The number of carbonyl (C=O) groups is 1. The predicted molar refractivity (Wildman–Crippen MR) is 149 cm³/mol. The van der Waals surface area contributed by atoms with Crippen molar-refractivity contribution in [1.29, 1.82) is 0 Å². The number of hydrogen-bond donors (Lipinski definition) is 4. The maximum absolute atomic E-state index is 13.8. The average Bonchev–Trinajstić information content (AvgIpc) is 3.40. The summed E-state index contributed by atoms with van der Waals surface area (Å²) in [5, 5.41) is 24.9. The van der Waals surface area contributed by atoms with Gasteiger partial charge in [0.15, 0.2) is 23.2 Å². The van der Waals surface area contributed by atoms with Gasteiger partial charge >= 0.3 is 13.7 Å². The van der Waals surface area contributed by atoms with Gasteiger partial charge in [0, 0.05) is 14.1 Å². The summed E-state index contributed by atoms with van der Waals surface area (Å²) in [7, 11) is -0.703. The van der Waals surface area contributed by atoms with Crippen LogP contribution in [0.2, 0.25) is 0 Å². The van der Waals surface area contributed by atoms with Crippen LogP contribution in [0.4, 0.5) is 11.8 Å². The van der Waals surface area contributed by atoms with Crippen molar-refractivity contribution in [3.05, 3.63) is 36.7 Å². The van der Waals surface area contributed by atoms with Gasteiger partial charge in [0.2, 0.25) is 5.95 Å². The minimum atomic E-state index is -4.24. The summed E-state index contributed by atoms with van der Waals surface area (Å²) in [4.78, 5) is 27.0. The average molecular weight is 594 g/mol. The number of para-hydroxylation sites is 1. The second-order valence-corrected chi connectivity index (χ2v) is 12.0. The Morgan fingerprint density at radius 3 is 2.59 bits per heavy atom. The minimum Gasteiger partial charge on any atom is -0.462 e. The number of hydrogen-bond acceptors (Lipinski definition) is 13. The molecule has 4 rings (SSSR count). The van der Waals surface area contributed by atoms with Crippen LogP contribution in [-0.2, 0) is 23.4 Å². The van der Waals surface area contributed by atoms with Crippen molar-refractivity contribution in [2.45, 2.75) is 63.9 Å². The molecule has 0 bridgehead atoms. The molecule has 6 atom stereocenters. The number of aliphatic hydroxyl groups excluding tert-OH is 1. The number of aromatic nitrogens is 4. The van der Waals surface area contributed by atoms with Gasteiger partial charge in [0.1, 0.15) is 29.6 Å². The molecule has 0 amide bonds. The maximum Gasteiger partial charge on any atom is 0.459 e. The molecule has 1 aromatic carbocycles. The SMILES string of the molecule is CC(C)OC(=O)[C@H](C)N[P@@](=O)(OC[C@H]1O[C@@H](n2cnc3c(N(C)C)nc(N)nc32)[C@](C)(O)[C@@H]1O)Oc1ccccc1. The number of benzene rings is 1. The number of nitrogens with zero attached hydrogens (tertiary/aromatic N) is 5.